The second-order valence-electron chi connectivity index (χ2n) is 3.57. The van der Waals surface area contributed by atoms with E-state index in [1.165, 1.54) is 6.42 Å². The number of hydrogen-bond donors (Lipinski definition) is 0. The summed E-state index contributed by atoms with van der Waals surface area (Å²) in [7, 11) is 0. The van der Waals surface area contributed by atoms with Crippen LogP contribution in [0.25, 0.3) is 0 Å². The molecule has 0 unspecified atom stereocenters. The highest BCUT2D eigenvalue weighted by Crippen LogP contribution is 2.09. The van der Waals surface area contributed by atoms with Gasteiger partial charge in [0.05, 0.1) is 6.61 Å². The molecule has 0 fully saturated rings. The van der Waals surface area contributed by atoms with Gasteiger partial charge in [0.15, 0.2) is 0 Å². The van der Waals surface area contributed by atoms with Crippen molar-refractivity contribution in [1.29, 1.82) is 0 Å². The topological polar surface area (TPSA) is 22.1 Å². The van der Waals surface area contributed by atoms with E-state index < -0.39 is 0 Å². The maximum Gasteiger partial charge on any atom is 0.122 e. The van der Waals surface area contributed by atoms with Crippen molar-refractivity contribution in [1.82, 2.24) is 4.98 Å². The zero-order valence-electron chi connectivity index (χ0n) is 8.36. The van der Waals surface area contributed by atoms with Gasteiger partial charge < -0.3 is 4.74 Å². The van der Waals surface area contributed by atoms with Gasteiger partial charge >= 0.3 is 0 Å². The monoisotopic (exact) mass is 179 g/mol. The minimum atomic E-state index is 0.765. The molecule has 0 saturated carbocycles. The molecular formula is C11H17NO. The van der Waals surface area contributed by atoms with E-state index in [0.29, 0.717) is 0 Å². The van der Waals surface area contributed by atoms with Crippen LogP contribution >= 0.6 is 0 Å². The highest BCUT2D eigenvalue weighted by atomic mass is 16.5. The molecule has 1 aromatic rings. The highest BCUT2D eigenvalue weighted by molar-refractivity contribution is 5.16. The lowest BCUT2D eigenvalue weighted by Crippen LogP contribution is -1.99. The fraction of sp³-hybridized carbons (Fsp3) is 0.545. The Labute approximate surface area is 80.0 Å². The van der Waals surface area contributed by atoms with E-state index in [2.05, 4.69) is 18.8 Å². The Bertz CT molecular complexity index is 221. The van der Waals surface area contributed by atoms with Crippen molar-refractivity contribution in [2.75, 3.05) is 6.61 Å². The predicted molar refractivity (Wildman–Crippen MR) is 53.8 cm³/mol. The zero-order chi connectivity index (χ0) is 9.52. The van der Waals surface area contributed by atoms with E-state index in [4.69, 9.17) is 4.74 Å². The van der Waals surface area contributed by atoms with Crippen LogP contribution in [0, 0.1) is 5.92 Å². The van der Waals surface area contributed by atoms with Crippen LogP contribution in [-0.4, -0.2) is 11.6 Å². The van der Waals surface area contributed by atoms with E-state index in [1.54, 1.807) is 12.4 Å². The largest absolute Gasteiger partial charge is 0.493 e. The maximum absolute atomic E-state index is 5.52. The van der Waals surface area contributed by atoms with Gasteiger partial charge in [-0.2, -0.15) is 0 Å². The molecule has 0 N–H and O–H groups in total. The molecule has 1 heterocycles. The van der Waals surface area contributed by atoms with Crippen LogP contribution < -0.4 is 4.74 Å². The minimum Gasteiger partial charge on any atom is -0.493 e. The lowest BCUT2D eigenvalue weighted by Gasteiger charge is -2.06. The first-order chi connectivity index (χ1) is 6.29. The summed E-state index contributed by atoms with van der Waals surface area (Å²) in [6.45, 7) is 5.26. The van der Waals surface area contributed by atoms with Crippen LogP contribution in [0.3, 0.4) is 0 Å². The van der Waals surface area contributed by atoms with Crippen LogP contribution in [0.2, 0.25) is 0 Å². The summed E-state index contributed by atoms with van der Waals surface area (Å²) in [6, 6.07) is 3.77. The average molecular weight is 179 g/mol. The van der Waals surface area contributed by atoms with Crippen molar-refractivity contribution in [3.8, 4) is 5.75 Å². The van der Waals surface area contributed by atoms with Gasteiger partial charge in [0, 0.05) is 12.4 Å². The average Bonchev–Trinajstić information content (AvgIpc) is 2.14. The Hall–Kier alpha value is -1.05. The fourth-order valence-electron chi connectivity index (χ4n) is 1.12. The van der Waals surface area contributed by atoms with Gasteiger partial charge in [0.2, 0.25) is 0 Å². The molecule has 2 heteroatoms. The maximum atomic E-state index is 5.52. The number of hydrogen-bond acceptors (Lipinski definition) is 2. The van der Waals surface area contributed by atoms with Crippen LogP contribution in [0.1, 0.15) is 26.7 Å². The second kappa shape index (κ2) is 5.57. The summed E-state index contributed by atoms with van der Waals surface area (Å²) in [5.74, 6) is 1.68. The molecule has 0 aliphatic heterocycles. The number of ether oxygens (including phenoxy) is 1. The van der Waals surface area contributed by atoms with Gasteiger partial charge in [-0.15, -0.1) is 0 Å². The molecule has 1 aromatic heterocycles. The Kier molecular flexibility index (Phi) is 4.30. The van der Waals surface area contributed by atoms with Gasteiger partial charge in [0.25, 0.3) is 0 Å². The number of rotatable bonds is 5. The van der Waals surface area contributed by atoms with E-state index in [1.807, 2.05) is 12.1 Å². The zero-order valence-corrected chi connectivity index (χ0v) is 8.36. The molecule has 0 aromatic carbocycles. The lowest BCUT2D eigenvalue weighted by molar-refractivity contribution is 0.297. The molecule has 0 atom stereocenters. The Balaban J connectivity index is 2.13. The first-order valence-corrected chi connectivity index (χ1v) is 4.82. The standard InChI is InChI=1S/C11H17NO/c1-10(2)4-3-9-13-11-5-7-12-8-6-11/h5-8,10H,3-4,9H2,1-2H3. The highest BCUT2D eigenvalue weighted by Gasteiger charge is 1.95. The van der Waals surface area contributed by atoms with Gasteiger partial charge in [-0.25, -0.2) is 0 Å². The van der Waals surface area contributed by atoms with Gasteiger partial charge in [-0.3, -0.25) is 4.98 Å². The fourth-order valence-corrected chi connectivity index (χ4v) is 1.12. The third-order valence-electron chi connectivity index (χ3n) is 1.84. The second-order valence-corrected chi connectivity index (χ2v) is 3.57. The number of pyridine rings is 1. The van der Waals surface area contributed by atoms with Crippen molar-refractivity contribution in [2.45, 2.75) is 26.7 Å². The smallest absolute Gasteiger partial charge is 0.122 e. The molecule has 2 nitrogen and oxygen atoms in total. The molecule has 13 heavy (non-hydrogen) atoms. The van der Waals surface area contributed by atoms with Crippen molar-refractivity contribution < 1.29 is 4.74 Å². The Morgan fingerprint density at radius 2 is 2.00 bits per heavy atom. The molecule has 0 aliphatic carbocycles. The Morgan fingerprint density at radius 3 is 2.62 bits per heavy atom. The molecule has 72 valence electrons. The number of nitrogens with zero attached hydrogens (tertiary/aromatic N) is 1. The van der Waals surface area contributed by atoms with Gasteiger partial charge in [-0.05, 0) is 30.9 Å². The summed E-state index contributed by atoms with van der Waals surface area (Å²) < 4.78 is 5.52. The first kappa shape index (κ1) is 10.0. The van der Waals surface area contributed by atoms with Crippen molar-refractivity contribution in [3.05, 3.63) is 24.5 Å². The van der Waals surface area contributed by atoms with Gasteiger partial charge in [-0.1, -0.05) is 13.8 Å². The molecule has 0 spiro atoms. The minimum absolute atomic E-state index is 0.765. The molecular weight excluding hydrogens is 162 g/mol. The molecule has 0 bridgehead atoms. The normalized spacial score (nSPS) is 10.4. The summed E-state index contributed by atoms with van der Waals surface area (Å²) in [6.07, 6.45) is 5.85. The Morgan fingerprint density at radius 1 is 1.31 bits per heavy atom. The van der Waals surface area contributed by atoms with E-state index in [0.717, 1.165) is 24.7 Å². The van der Waals surface area contributed by atoms with E-state index in [9.17, 15) is 0 Å². The quantitative estimate of drug-likeness (QED) is 0.648. The lowest BCUT2D eigenvalue weighted by atomic mass is 10.1. The first-order valence-electron chi connectivity index (χ1n) is 4.82. The molecule has 0 aliphatic rings. The van der Waals surface area contributed by atoms with Crippen molar-refractivity contribution in [2.24, 2.45) is 5.92 Å². The van der Waals surface area contributed by atoms with Crippen LogP contribution in [0.15, 0.2) is 24.5 Å². The SMILES string of the molecule is CC(C)CCCOc1ccncc1. The van der Waals surface area contributed by atoms with Crippen LogP contribution in [-0.2, 0) is 0 Å². The molecule has 1 rings (SSSR count). The number of aromatic nitrogens is 1. The summed E-state index contributed by atoms with van der Waals surface area (Å²) in [5, 5.41) is 0. The molecule has 0 radical (unpaired) electrons. The van der Waals surface area contributed by atoms with Crippen molar-refractivity contribution >= 4 is 0 Å². The molecule has 0 saturated heterocycles. The summed E-state index contributed by atoms with van der Waals surface area (Å²) >= 11 is 0. The predicted octanol–water partition coefficient (Wildman–Crippen LogP) is 2.90. The third-order valence-corrected chi connectivity index (χ3v) is 1.84. The summed E-state index contributed by atoms with van der Waals surface area (Å²) in [4.78, 5) is 3.92. The van der Waals surface area contributed by atoms with Crippen molar-refractivity contribution in [3.63, 3.8) is 0 Å². The van der Waals surface area contributed by atoms with Crippen LogP contribution in [0.4, 0.5) is 0 Å². The summed E-state index contributed by atoms with van der Waals surface area (Å²) in [5.41, 5.74) is 0. The van der Waals surface area contributed by atoms with Gasteiger partial charge in [0.1, 0.15) is 5.75 Å². The molecule has 0 amide bonds. The van der Waals surface area contributed by atoms with Crippen LogP contribution in [0.5, 0.6) is 5.75 Å². The third kappa shape index (κ3) is 4.51. The van der Waals surface area contributed by atoms with E-state index in [-0.39, 0.29) is 0 Å². The van der Waals surface area contributed by atoms with E-state index >= 15 is 0 Å².